The van der Waals surface area contributed by atoms with Crippen molar-refractivity contribution < 1.29 is 18.3 Å². The van der Waals surface area contributed by atoms with Crippen LogP contribution < -0.4 is 10.2 Å². The third kappa shape index (κ3) is 3.91. The Labute approximate surface area is 159 Å². The molecule has 0 bridgehead atoms. The molecular formula is C18H18F2N6O2. The molecule has 1 aliphatic rings. The first-order valence-corrected chi connectivity index (χ1v) is 8.89. The van der Waals surface area contributed by atoms with Crippen LogP contribution in [0.4, 0.5) is 20.3 Å². The van der Waals surface area contributed by atoms with Crippen molar-refractivity contribution in [3.05, 3.63) is 47.8 Å². The first-order valence-electron chi connectivity index (χ1n) is 8.89. The molecule has 2 aromatic heterocycles. The van der Waals surface area contributed by atoms with Crippen molar-refractivity contribution in [2.75, 3.05) is 36.5 Å². The summed E-state index contributed by atoms with van der Waals surface area (Å²) in [4.78, 5) is 14.2. The molecule has 0 saturated carbocycles. The predicted molar refractivity (Wildman–Crippen MR) is 97.1 cm³/mol. The number of morpholine rings is 1. The molecule has 3 aromatic rings. The summed E-state index contributed by atoms with van der Waals surface area (Å²) in [5, 5.41) is 15.3. The fourth-order valence-electron chi connectivity index (χ4n) is 2.96. The lowest BCUT2D eigenvalue weighted by Gasteiger charge is -2.27. The molecule has 0 spiro atoms. The van der Waals surface area contributed by atoms with Gasteiger partial charge in [0.1, 0.15) is 5.82 Å². The third-order valence-corrected chi connectivity index (χ3v) is 4.43. The summed E-state index contributed by atoms with van der Waals surface area (Å²) in [7, 11) is 0. The number of carbonyl (C=O) groups is 1. The number of amides is 1. The Kier molecular flexibility index (Phi) is 5.11. The number of nitrogens with zero attached hydrogens (tertiary/aromatic N) is 5. The van der Waals surface area contributed by atoms with Crippen molar-refractivity contribution in [1.29, 1.82) is 0 Å². The van der Waals surface area contributed by atoms with E-state index < -0.39 is 11.6 Å². The van der Waals surface area contributed by atoms with Crippen molar-refractivity contribution >= 4 is 23.1 Å². The summed E-state index contributed by atoms with van der Waals surface area (Å²) >= 11 is 0. The van der Waals surface area contributed by atoms with Gasteiger partial charge in [-0.2, -0.15) is 4.52 Å². The van der Waals surface area contributed by atoms with Crippen LogP contribution in [0.1, 0.15) is 12.2 Å². The fourth-order valence-corrected chi connectivity index (χ4v) is 2.96. The van der Waals surface area contributed by atoms with Gasteiger partial charge in [-0.05, 0) is 24.3 Å². The van der Waals surface area contributed by atoms with Crippen molar-refractivity contribution in [3.63, 3.8) is 0 Å². The Balaban J connectivity index is 1.43. The molecule has 10 heteroatoms. The highest BCUT2D eigenvalue weighted by Gasteiger charge is 2.15. The van der Waals surface area contributed by atoms with Gasteiger partial charge in [-0.15, -0.1) is 15.3 Å². The van der Waals surface area contributed by atoms with Crippen LogP contribution in [-0.2, 0) is 16.0 Å². The maximum Gasteiger partial charge on any atom is 0.224 e. The van der Waals surface area contributed by atoms with Crippen LogP contribution in [0.5, 0.6) is 0 Å². The molecule has 28 heavy (non-hydrogen) atoms. The van der Waals surface area contributed by atoms with E-state index >= 15 is 0 Å². The Hall–Kier alpha value is -3.14. The monoisotopic (exact) mass is 388 g/mol. The van der Waals surface area contributed by atoms with E-state index in [0.717, 1.165) is 31.0 Å². The van der Waals surface area contributed by atoms with Crippen LogP contribution in [0.2, 0.25) is 0 Å². The summed E-state index contributed by atoms with van der Waals surface area (Å²) in [6.07, 6.45) is 0.402. The summed E-state index contributed by atoms with van der Waals surface area (Å²) in [5.41, 5.74) is 0.788. The average Bonchev–Trinajstić information content (AvgIpc) is 3.12. The summed E-state index contributed by atoms with van der Waals surface area (Å²) in [5.74, 6) is -0.975. The summed E-state index contributed by atoms with van der Waals surface area (Å²) < 4.78 is 33.2. The number of rotatable bonds is 5. The van der Waals surface area contributed by atoms with Crippen LogP contribution >= 0.6 is 0 Å². The minimum absolute atomic E-state index is 0.100. The molecule has 0 radical (unpaired) electrons. The van der Waals surface area contributed by atoms with Gasteiger partial charge in [-0.25, -0.2) is 8.78 Å². The average molecular weight is 388 g/mol. The lowest BCUT2D eigenvalue weighted by molar-refractivity contribution is -0.116. The number of carbonyl (C=O) groups excluding carboxylic acids is 1. The summed E-state index contributed by atoms with van der Waals surface area (Å²) in [6, 6.07) is 6.92. The van der Waals surface area contributed by atoms with Gasteiger partial charge >= 0.3 is 0 Å². The van der Waals surface area contributed by atoms with E-state index in [1.165, 1.54) is 6.07 Å². The molecule has 1 fully saturated rings. The van der Waals surface area contributed by atoms with Crippen LogP contribution in [0.15, 0.2) is 30.3 Å². The number of aromatic nitrogens is 4. The zero-order valence-electron chi connectivity index (χ0n) is 14.9. The Morgan fingerprint density at radius 1 is 1.11 bits per heavy atom. The van der Waals surface area contributed by atoms with Crippen molar-refractivity contribution in [2.45, 2.75) is 12.8 Å². The van der Waals surface area contributed by atoms with Gasteiger partial charge in [0.15, 0.2) is 23.1 Å². The van der Waals surface area contributed by atoms with Gasteiger partial charge in [0.05, 0.1) is 13.2 Å². The zero-order chi connectivity index (χ0) is 19.5. The van der Waals surface area contributed by atoms with E-state index in [1.807, 2.05) is 12.1 Å². The van der Waals surface area contributed by atoms with Gasteiger partial charge < -0.3 is 15.0 Å². The number of ether oxygens (including phenoxy) is 1. The second-order valence-corrected chi connectivity index (χ2v) is 6.35. The molecule has 8 nitrogen and oxygen atoms in total. The third-order valence-electron chi connectivity index (χ3n) is 4.43. The smallest absolute Gasteiger partial charge is 0.224 e. The van der Waals surface area contributed by atoms with Crippen molar-refractivity contribution in [3.8, 4) is 0 Å². The summed E-state index contributed by atoms with van der Waals surface area (Å²) in [6.45, 7) is 2.82. The molecular weight excluding hydrogens is 370 g/mol. The fraction of sp³-hybridized carbons (Fsp3) is 0.333. The molecule has 3 heterocycles. The lowest BCUT2D eigenvalue weighted by atomic mass is 10.2. The minimum atomic E-state index is -1.01. The molecule has 1 amide bonds. The normalized spacial score (nSPS) is 14.4. The standard InChI is InChI=1S/C18H18F2N6O2/c19-13-2-1-12(11-14(13)20)21-18(27)6-5-16-23-22-15-3-4-17(24-26(15)16)25-7-9-28-10-8-25/h1-4,11H,5-10H2,(H,21,27). The molecule has 1 N–H and O–H groups in total. The molecule has 0 unspecified atom stereocenters. The highest BCUT2D eigenvalue weighted by atomic mass is 19.2. The quantitative estimate of drug-likeness (QED) is 0.718. The number of nitrogens with one attached hydrogen (secondary N) is 1. The number of benzene rings is 1. The van der Waals surface area contributed by atoms with Gasteiger partial charge in [0.2, 0.25) is 5.91 Å². The number of halogens is 2. The zero-order valence-corrected chi connectivity index (χ0v) is 14.9. The molecule has 1 aromatic carbocycles. The van der Waals surface area contributed by atoms with Gasteiger partial charge in [-0.3, -0.25) is 4.79 Å². The first-order chi connectivity index (χ1) is 13.6. The number of aryl methyl sites for hydroxylation is 1. The topological polar surface area (TPSA) is 84.7 Å². The number of hydrogen-bond donors (Lipinski definition) is 1. The van der Waals surface area contributed by atoms with Crippen molar-refractivity contribution in [2.24, 2.45) is 0 Å². The molecule has 146 valence electrons. The predicted octanol–water partition coefficient (Wildman–Crippen LogP) is 1.81. The molecule has 0 atom stereocenters. The van der Waals surface area contributed by atoms with E-state index in [0.29, 0.717) is 31.1 Å². The van der Waals surface area contributed by atoms with Crippen LogP contribution in [-0.4, -0.2) is 52.0 Å². The van der Waals surface area contributed by atoms with Crippen LogP contribution in [0.25, 0.3) is 5.65 Å². The van der Waals surface area contributed by atoms with E-state index in [-0.39, 0.29) is 18.0 Å². The highest BCUT2D eigenvalue weighted by molar-refractivity contribution is 5.90. The molecule has 4 rings (SSSR count). The van der Waals surface area contributed by atoms with Gasteiger partial charge in [-0.1, -0.05) is 0 Å². The van der Waals surface area contributed by atoms with Crippen molar-refractivity contribution in [1.82, 2.24) is 19.8 Å². The Bertz CT molecular complexity index is 1000. The minimum Gasteiger partial charge on any atom is -0.378 e. The SMILES string of the molecule is O=C(CCc1nnc2ccc(N3CCOCC3)nn12)Nc1ccc(F)c(F)c1. The number of fused-ring (bicyclic) bond motifs is 1. The van der Waals surface area contributed by atoms with E-state index in [2.05, 4.69) is 25.5 Å². The Morgan fingerprint density at radius 2 is 1.93 bits per heavy atom. The highest BCUT2D eigenvalue weighted by Crippen LogP contribution is 2.16. The second kappa shape index (κ2) is 7.85. The maximum absolute atomic E-state index is 13.2. The first kappa shape index (κ1) is 18.2. The van der Waals surface area contributed by atoms with Crippen LogP contribution in [0.3, 0.4) is 0 Å². The van der Waals surface area contributed by atoms with Gasteiger partial charge in [0, 0.05) is 37.7 Å². The van der Waals surface area contributed by atoms with E-state index in [1.54, 1.807) is 4.52 Å². The largest absolute Gasteiger partial charge is 0.378 e. The van der Waals surface area contributed by atoms with E-state index in [4.69, 9.17) is 4.74 Å². The van der Waals surface area contributed by atoms with Gasteiger partial charge in [0.25, 0.3) is 0 Å². The number of hydrogen-bond acceptors (Lipinski definition) is 6. The lowest BCUT2D eigenvalue weighted by Crippen LogP contribution is -2.37. The molecule has 0 aliphatic carbocycles. The second-order valence-electron chi connectivity index (χ2n) is 6.35. The van der Waals surface area contributed by atoms with Crippen LogP contribution in [0, 0.1) is 11.6 Å². The molecule has 1 saturated heterocycles. The van der Waals surface area contributed by atoms with E-state index in [9.17, 15) is 13.6 Å². The Morgan fingerprint density at radius 3 is 2.71 bits per heavy atom. The maximum atomic E-state index is 13.2. The molecule has 1 aliphatic heterocycles. The number of anilines is 2.